The van der Waals surface area contributed by atoms with E-state index in [4.69, 9.17) is 0 Å². The van der Waals surface area contributed by atoms with Crippen LogP contribution in [0.25, 0.3) is 0 Å². The summed E-state index contributed by atoms with van der Waals surface area (Å²) in [5, 5.41) is 5.50. The highest BCUT2D eigenvalue weighted by molar-refractivity contribution is 9.10. The molecule has 0 radical (unpaired) electrons. The molecule has 1 aliphatic rings. The molecule has 0 unspecified atom stereocenters. The molecule has 4 nitrogen and oxygen atoms in total. The van der Waals surface area contributed by atoms with Gasteiger partial charge in [-0.05, 0) is 43.5 Å². The molecule has 0 heterocycles. The Kier molecular flexibility index (Phi) is 4.01. The minimum atomic E-state index is -0.283. The summed E-state index contributed by atoms with van der Waals surface area (Å²) in [6.45, 7) is 1.94. The highest BCUT2D eigenvalue weighted by atomic mass is 79.9. The lowest BCUT2D eigenvalue weighted by molar-refractivity contribution is -0.126. The predicted octanol–water partition coefficient (Wildman–Crippen LogP) is 2.36. The molecular weight excluding hydrogens is 296 g/mol. The number of hydrogen-bond donors (Lipinski definition) is 2. The van der Waals surface area contributed by atoms with Crippen LogP contribution in [0.4, 0.5) is 5.69 Å². The van der Waals surface area contributed by atoms with Crippen LogP contribution in [-0.2, 0) is 9.59 Å². The van der Waals surface area contributed by atoms with Gasteiger partial charge in [0, 0.05) is 16.2 Å². The summed E-state index contributed by atoms with van der Waals surface area (Å²) in [6.07, 6.45) is 1.93. The highest BCUT2D eigenvalue weighted by Gasteiger charge is 2.24. The second kappa shape index (κ2) is 5.52. The van der Waals surface area contributed by atoms with Crippen LogP contribution in [0.5, 0.6) is 0 Å². The molecule has 5 heteroatoms. The zero-order chi connectivity index (χ0) is 13.1. The predicted molar refractivity (Wildman–Crippen MR) is 73.3 cm³/mol. The van der Waals surface area contributed by atoms with Crippen LogP contribution in [0.1, 0.15) is 24.8 Å². The number of carbonyl (C=O) groups is 2. The van der Waals surface area contributed by atoms with Crippen molar-refractivity contribution in [3.63, 3.8) is 0 Å². The Hall–Kier alpha value is -1.36. The molecule has 1 aromatic carbocycles. The van der Waals surface area contributed by atoms with E-state index in [1.807, 2.05) is 19.1 Å². The van der Waals surface area contributed by atoms with Crippen molar-refractivity contribution in [2.24, 2.45) is 0 Å². The Balaban J connectivity index is 1.85. The summed E-state index contributed by atoms with van der Waals surface area (Å²) in [5.74, 6) is -0.487. The van der Waals surface area contributed by atoms with Gasteiger partial charge in [-0.25, -0.2) is 0 Å². The number of carbonyl (C=O) groups excluding carboxylic acids is 2. The van der Waals surface area contributed by atoms with E-state index in [9.17, 15) is 9.59 Å². The van der Waals surface area contributed by atoms with E-state index in [1.165, 1.54) is 0 Å². The minimum Gasteiger partial charge on any atom is -0.353 e. The first-order chi connectivity index (χ1) is 8.54. The average Bonchev–Trinajstić information content (AvgIpc) is 3.07. The van der Waals surface area contributed by atoms with Gasteiger partial charge in [-0.3, -0.25) is 9.59 Å². The van der Waals surface area contributed by atoms with Crippen LogP contribution in [-0.4, -0.2) is 17.9 Å². The second-order valence-electron chi connectivity index (χ2n) is 4.53. The molecule has 0 atom stereocenters. The number of hydrogen-bond acceptors (Lipinski definition) is 2. The van der Waals surface area contributed by atoms with Gasteiger partial charge in [0.05, 0.1) is 0 Å². The van der Waals surface area contributed by atoms with E-state index in [1.54, 1.807) is 6.07 Å². The van der Waals surface area contributed by atoms with Gasteiger partial charge >= 0.3 is 0 Å². The topological polar surface area (TPSA) is 58.2 Å². The summed E-state index contributed by atoms with van der Waals surface area (Å²) < 4.78 is 0.993. The maximum absolute atomic E-state index is 11.6. The monoisotopic (exact) mass is 310 g/mol. The third-order valence-electron chi connectivity index (χ3n) is 2.71. The summed E-state index contributed by atoms with van der Waals surface area (Å²) in [7, 11) is 0. The van der Waals surface area contributed by atoms with E-state index in [2.05, 4.69) is 26.6 Å². The first-order valence-corrected chi connectivity index (χ1v) is 6.69. The molecule has 0 aliphatic heterocycles. The third-order valence-corrected chi connectivity index (χ3v) is 3.60. The summed E-state index contributed by atoms with van der Waals surface area (Å²) in [4.78, 5) is 23.1. The molecule has 1 aromatic rings. The number of benzene rings is 1. The van der Waals surface area contributed by atoms with E-state index in [0.717, 1.165) is 22.9 Å². The normalized spacial score (nSPS) is 14.1. The Morgan fingerprint density at radius 1 is 1.33 bits per heavy atom. The molecule has 0 spiro atoms. The Morgan fingerprint density at radius 3 is 2.67 bits per heavy atom. The molecule has 2 amide bonds. The van der Waals surface area contributed by atoms with Crippen LogP contribution in [0, 0.1) is 6.92 Å². The molecule has 0 bridgehead atoms. The summed E-state index contributed by atoms with van der Waals surface area (Å²) in [6, 6.07) is 5.82. The quantitative estimate of drug-likeness (QED) is 0.839. The summed E-state index contributed by atoms with van der Waals surface area (Å²) in [5.41, 5.74) is 1.75. The number of halogens is 1. The van der Waals surface area contributed by atoms with Crippen LogP contribution < -0.4 is 10.6 Å². The maximum Gasteiger partial charge on any atom is 0.233 e. The number of rotatable bonds is 4. The lowest BCUT2D eigenvalue weighted by Crippen LogP contribution is -2.29. The molecule has 96 valence electrons. The molecule has 0 saturated heterocycles. The SMILES string of the molecule is Cc1cc(NC(=O)CC(=O)NC2CC2)ccc1Br. The van der Waals surface area contributed by atoms with Crippen LogP contribution in [0.15, 0.2) is 22.7 Å². The lowest BCUT2D eigenvalue weighted by Gasteiger charge is -2.07. The van der Waals surface area contributed by atoms with Crippen molar-refractivity contribution in [1.29, 1.82) is 0 Å². The van der Waals surface area contributed by atoms with Gasteiger partial charge in [0.15, 0.2) is 0 Å². The van der Waals surface area contributed by atoms with Gasteiger partial charge in [-0.1, -0.05) is 15.9 Å². The second-order valence-corrected chi connectivity index (χ2v) is 5.39. The van der Waals surface area contributed by atoms with Crippen molar-refractivity contribution in [2.75, 3.05) is 5.32 Å². The minimum absolute atomic E-state index is 0.119. The Bertz CT molecular complexity index is 484. The van der Waals surface area contributed by atoms with Crippen molar-refractivity contribution in [3.05, 3.63) is 28.2 Å². The van der Waals surface area contributed by atoms with Gasteiger partial charge in [-0.2, -0.15) is 0 Å². The van der Waals surface area contributed by atoms with Gasteiger partial charge < -0.3 is 10.6 Å². The maximum atomic E-state index is 11.6. The van der Waals surface area contributed by atoms with Gasteiger partial charge in [0.1, 0.15) is 6.42 Å². The van der Waals surface area contributed by atoms with Gasteiger partial charge in [0.25, 0.3) is 0 Å². The van der Waals surface area contributed by atoms with Gasteiger partial charge in [0.2, 0.25) is 11.8 Å². The Labute approximate surface area is 114 Å². The van der Waals surface area contributed by atoms with Crippen molar-refractivity contribution < 1.29 is 9.59 Å². The first-order valence-electron chi connectivity index (χ1n) is 5.90. The van der Waals surface area contributed by atoms with Crippen molar-refractivity contribution in [1.82, 2.24) is 5.32 Å². The average molecular weight is 311 g/mol. The van der Waals surface area contributed by atoms with E-state index < -0.39 is 0 Å². The molecule has 0 aromatic heterocycles. The first kappa shape index (κ1) is 13.1. The molecule has 1 aliphatic carbocycles. The number of aryl methyl sites for hydroxylation is 1. The fourth-order valence-corrected chi connectivity index (χ4v) is 1.83. The van der Waals surface area contributed by atoms with Crippen molar-refractivity contribution in [2.45, 2.75) is 32.2 Å². The fraction of sp³-hybridized carbons (Fsp3) is 0.385. The number of anilines is 1. The van der Waals surface area contributed by atoms with Crippen LogP contribution >= 0.6 is 15.9 Å². The third kappa shape index (κ3) is 3.84. The van der Waals surface area contributed by atoms with Crippen molar-refractivity contribution >= 4 is 33.4 Å². The van der Waals surface area contributed by atoms with E-state index in [0.29, 0.717) is 11.7 Å². The van der Waals surface area contributed by atoms with E-state index in [-0.39, 0.29) is 18.2 Å². The molecule has 2 rings (SSSR count). The molecule has 1 fully saturated rings. The van der Waals surface area contributed by atoms with E-state index >= 15 is 0 Å². The molecular formula is C13H15BrN2O2. The standard InChI is InChI=1S/C13H15BrN2O2/c1-8-6-10(4-5-11(8)14)16-13(18)7-12(17)15-9-2-3-9/h4-6,9H,2-3,7H2,1H3,(H,15,17)(H,16,18). The molecule has 18 heavy (non-hydrogen) atoms. The van der Waals surface area contributed by atoms with Gasteiger partial charge in [-0.15, -0.1) is 0 Å². The lowest BCUT2D eigenvalue weighted by atomic mass is 10.2. The zero-order valence-corrected chi connectivity index (χ0v) is 11.7. The molecule has 2 N–H and O–H groups in total. The largest absolute Gasteiger partial charge is 0.353 e. The fourth-order valence-electron chi connectivity index (χ4n) is 1.58. The van der Waals surface area contributed by atoms with Crippen LogP contribution in [0.3, 0.4) is 0 Å². The smallest absolute Gasteiger partial charge is 0.233 e. The summed E-state index contributed by atoms with van der Waals surface area (Å²) >= 11 is 3.39. The van der Waals surface area contributed by atoms with Crippen LogP contribution in [0.2, 0.25) is 0 Å². The Morgan fingerprint density at radius 2 is 2.06 bits per heavy atom. The molecule has 1 saturated carbocycles. The number of amides is 2. The number of nitrogens with one attached hydrogen (secondary N) is 2. The zero-order valence-electron chi connectivity index (χ0n) is 10.1. The highest BCUT2D eigenvalue weighted by Crippen LogP contribution is 2.20. The van der Waals surface area contributed by atoms with Crippen molar-refractivity contribution in [3.8, 4) is 0 Å².